The molecular weight excluding hydrogens is 376 g/mol. The number of nitrogens with one attached hydrogen (secondary N) is 1. The fourth-order valence-electron chi connectivity index (χ4n) is 2.37. The van der Waals surface area contributed by atoms with Crippen molar-refractivity contribution in [2.75, 3.05) is 33.4 Å². The van der Waals surface area contributed by atoms with Gasteiger partial charge >= 0.3 is 12.0 Å². The number of carbonyl (C=O) groups is 3. The molecule has 1 aliphatic rings. The van der Waals surface area contributed by atoms with E-state index in [4.69, 9.17) is 25.8 Å². The third-order valence-electron chi connectivity index (χ3n) is 3.89. The highest BCUT2D eigenvalue weighted by Gasteiger charge is 2.27. The molecule has 3 amide bonds. The van der Waals surface area contributed by atoms with Gasteiger partial charge in [-0.25, -0.2) is 9.59 Å². The summed E-state index contributed by atoms with van der Waals surface area (Å²) in [5, 5.41) is 2.70. The smallest absolute Gasteiger partial charge is 0.338 e. The molecule has 2 rings (SSSR count). The summed E-state index contributed by atoms with van der Waals surface area (Å²) in [5.41, 5.74) is 0.117. The second-order valence-electron chi connectivity index (χ2n) is 6.37. The first kappa shape index (κ1) is 20.8. The van der Waals surface area contributed by atoms with Gasteiger partial charge in [-0.15, -0.1) is 0 Å². The van der Waals surface area contributed by atoms with Crippen molar-refractivity contribution >= 4 is 29.5 Å². The maximum atomic E-state index is 12.2. The van der Waals surface area contributed by atoms with Gasteiger partial charge in [0.15, 0.2) is 18.1 Å². The molecule has 1 N–H and O–H groups in total. The van der Waals surface area contributed by atoms with Crippen molar-refractivity contribution in [2.45, 2.75) is 20.3 Å². The van der Waals surface area contributed by atoms with Gasteiger partial charge in [-0.2, -0.15) is 0 Å². The Labute approximate surface area is 162 Å². The van der Waals surface area contributed by atoms with Crippen LogP contribution in [0.4, 0.5) is 4.79 Å². The Balaban J connectivity index is 2.02. The molecule has 1 saturated heterocycles. The van der Waals surface area contributed by atoms with Crippen molar-refractivity contribution in [3.63, 3.8) is 0 Å². The van der Waals surface area contributed by atoms with Gasteiger partial charge in [0, 0.05) is 13.1 Å². The number of imide groups is 1. The summed E-state index contributed by atoms with van der Waals surface area (Å²) in [6, 6.07) is 2.33. The monoisotopic (exact) mass is 398 g/mol. The minimum Gasteiger partial charge on any atom is -0.493 e. The van der Waals surface area contributed by atoms with E-state index in [2.05, 4.69) is 19.2 Å². The van der Waals surface area contributed by atoms with Crippen LogP contribution in [0.3, 0.4) is 0 Å². The molecule has 1 heterocycles. The highest BCUT2D eigenvalue weighted by molar-refractivity contribution is 6.32. The number of benzene rings is 1. The third kappa shape index (κ3) is 5.50. The summed E-state index contributed by atoms with van der Waals surface area (Å²) in [7, 11) is 1.44. The van der Waals surface area contributed by atoms with Crippen LogP contribution in [0.5, 0.6) is 11.5 Å². The van der Waals surface area contributed by atoms with Crippen LogP contribution in [0.25, 0.3) is 0 Å². The quantitative estimate of drug-likeness (QED) is 0.676. The number of nitrogens with zero attached hydrogens (tertiary/aromatic N) is 1. The standard InChI is InChI=1S/C18H23ClN2O6/c1-11(2)4-7-26-16-13(19)8-12(9-14(16)25-3)17(23)27-10-15(22)21-6-5-20-18(21)24/h8-9,11H,4-7,10H2,1-3H3,(H,20,24). The lowest BCUT2D eigenvalue weighted by atomic mass is 10.1. The Morgan fingerprint density at radius 1 is 1.33 bits per heavy atom. The molecule has 1 aromatic rings. The molecule has 0 bridgehead atoms. The fourth-order valence-corrected chi connectivity index (χ4v) is 2.64. The summed E-state index contributed by atoms with van der Waals surface area (Å²) >= 11 is 6.22. The van der Waals surface area contributed by atoms with Crippen LogP contribution in [0.15, 0.2) is 12.1 Å². The largest absolute Gasteiger partial charge is 0.493 e. The average Bonchev–Trinajstić information content (AvgIpc) is 3.06. The number of urea groups is 1. The zero-order valence-electron chi connectivity index (χ0n) is 15.5. The molecule has 0 aromatic heterocycles. The van der Waals surface area contributed by atoms with E-state index in [0.29, 0.717) is 30.6 Å². The lowest BCUT2D eigenvalue weighted by Gasteiger charge is -2.15. The predicted molar refractivity (Wildman–Crippen MR) is 98.3 cm³/mol. The molecule has 148 valence electrons. The van der Waals surface area contributed by atoms with Crippen LogP contribution in [0, 0.1) is 5.92 Å². The lowest BCUT2D eigenvalue weighted by molar-refractivity contribution is -0.130. The molecule has 9 heteroatoms. The number of hydrogen-bond acceptors (Lipinski definition) is 6. The normalized spacial score (nSPS) is 13.5. The Kier molecular flexibility index (Phi) is 7.29. The van der Waals surface area contributed by atoms with Gasteiger partial charge in [0.2, 0.25) is 0 Å². The van der Waals surface area contributed by atoms with Crippen LogP contribution < -0.4 is 14.8 Å². The van der Waals surface area contributed by atoms with E-state index in [1.807, 2.05) is 0 Å². The summed E-state index contributed by atoms with van der Waals surface area (Å²) < 4.78 is 15.9. The maximum absolute atomic E-state index is 12.2. The number of methoxy groups -OCH3 is 1. The molecule has 0 atom stereocenters. The number of rotatable bonds is 8. The van der Waals surface area contributed by atoms with Crippen LogP contribution in [-0.4, -0.2) is 56.2 Å². The highest BCUT2D eigenvalue weighted by atomic mass is 35.5. The molecule has 0 radical (unpaired) electrons. The van der Waals surface area contributed by atoms with Crippen LogP contribution in [0.2, 0.25) is 5.02 Å². The van der Waals surface area contributed by atoms with Gasteiger partial charge in [-0.3, -0.25) is 9.69 Å². The number of amides is 3. The fraction of sp³-hybridized carbons (Fsp3) is 0.500. The molecule has 1 aromatic carbocycles. The van der Waals surface area contributed by atoms with E-state index in [1.54, 1.807) is 0 Å². The molecule has 8 nitrogen and oxygen atoms in total. The molecule has 0 spiro atoms. The Bertz CT molecular complexity index is 722. The molecule has 0 aliphatic carbocycles. The molecule has 0 saturated carbocycles. The van der Waals surface area contributed by atoms with E-state index in [0.717, 1.165) is 11.3 Å². The first-order chi connectivity index (χ1) is 12.8. The van der Waals surface area contributed by atoms with Crippen molar-refractivity contribution < 1.29 is 28.6 Å². The Hall–Kier alpha value is -2.48. The number of halogens is 1. The van der Waals surface area contributed by atoms with Crippen LogP contribution in [-0.2, 0) is 9.53 Å². The van der Waals surface area contributed by atoms with Crippen molar-refractivity contribution in [1.29, 1.82) is 0 Å². The van der Waals surface area contributed by atoms with Gasteiger partial charge in [-0.1, -0.05) is 25.4 Å². The second-order valence-corrected chi connectivity index (χ2v) is 6.78. The predicted octanol–water partition coefficient (Wildman–Crippen LogP) is 2.48. The molecule has 0 unspecified atom stereocenters. The van der Waals surface area contributed by atoms with E-state index in [9.17, 15) is 14.4 Å². The molecular formula is C18H23ClN2O6. The van der Waals surface area contributed by atoms with Crippen molar-refractivity contribution in [3.8, 4) is 11.5 Å². The molecule has 1 aliphatic heterocycles. The van der Waals surface area contributed by atoms with E-state index in [1.165, 1.54) is 19.2 Å². The number of carbonyl (C=O) groups excluding carboxylic acids is 3. The number of hydrogen-bond donors (Lipinski definition) is 1. The summed E-state index contributed by atoms with van der Waals surface area (Å²) in [6.45, 7) is 4.70. The number of esters is 1. The topological polar surface area (TPSA) is 94.2 Å². The zero-order chi connectivity index (χ0) is 20.0. The van der Waals surface area contributed by atoms with Gasteiger partial charge in [0.05, 0.1) is 24.3 Å². The first-order valence-electron chi connectivity index (χ1n) is 8.59. The van der Waals surface area contributed by atoms with Gasteiger partial charge < -0.3 is 19.5 Å². The van der Waals surface area contributed by atoms with Crippen molar-refractivity contribution in [2.24, 2.45) is 5.92 Å². The third-order valence-corrected chi connectivity index (χ3v) is 4.17. The Morgan fingerprint density at radius 2 is 2.07 bits per heavy atom. The Morgan fingerprint density at radius 3 is 2.67 bits per heavy atom. The minimum absolute atomic E-state index is 0.117. The van der Waals surface area contributed by atoms with Gasteiger partial charge in [0.1, 0.15) is 0 Å². The zero-order valence-corrected chi connectivity index (χ0v) is 16.3. The number of ether oxygens (including phenoxy) is 3. The molecule has 27 heavy (non-hydrogen) atoms. The SMILES string of the molecule is COc1cc(C(=O)OCC(=O)N2CCNC2=O)cc(Cl)c1OCCC(C)C. The minimum atomic E-state index is -0.753. The van der Waals surface area contributed by atoms with E-state index in [-0.39, 0.29) is 17.1 Å². The summed E-state index contributed by atoms with van der Waals surface area (Å²) in [6.07, 6.45) is 0.843. The molecule has 1 fully saturated rings. The van der Waals surface area contributed by atoms with Crippen LogP contribution in [0.1, 0.15) is 30.6 Å². The highest BCUT2D eigenvalue weighted by Crippen LogP contribution is 2.36. The maximum Gasteiger partial charge on any atom is 0.338 e. The average molecular weight is 399 g/mol. The van der Waals surface area contributed by atoms with Gasteiger partial charge in [-0.05, 0) is 24.5 Å². The summed E-state index contributed by atoms with van der Waals surface area (Å²) in [4.78, 5) is 36.6. The lowest BCUT2D eigenvalue weighted by Crippen LogP contribution is -2.37. The van der Waals surface area contributed by atoms with Crippen molar-refractivity contribution in [3.05, 3.63) is 22.7 Å². The van der Waals surface area contributed by atoms with Crippen molar-refractivity contribution in [1.82, 2.24) is 10.2 Å². The van der Waals surface area contributed by atoms with E-state index < -0.39 is 24.5 Å². The van der Waals surface area contributed by atoms with Gasteiger partial charge in [0.25, 0.3) is 5.91 Å². The first-order valence-corrected chi connectivity index (χ1v) is 8.97. The van der Waals surface area contributed by atoms with Crippen LogP contribution >= 0.6 is 11.6 Å². The second kappa shape index (κ2) is 9.45. The summed E-state index contributed by atoms with van der Waals surface area (Å²) in [5.74, 6) is -0.231. The van der Waals surface area contributed by atoms with E-state index >= 15 is 0 Å².